The van der Waals surface area contributed by atoms with E-state index in [0.29, 0.717) is 11.5 Å². The van der Waals surface area contributed by atoms with E-state index in [1.165, 1.54) is 0 Å². The number of thioether (sulfide) groups is 1. The maximum absolute atomic E-state index is 11.6. The van der Waals surface area contributed by atoms with Crippen molar-refractivity contribution in [2.75, 3.05) is 0 Å². The summed E-state index contributed by atoms with van der Waals surface area (Å²) in [6, 6.07) is 0. The minimum absolute atomic E-state index is 0.0426. The first-order valence-corrected chi connectivity index (χ1v) is 19.2. The molecule has 2 rings (SSSR count). The van der Waals surface area contributed by atoms with E-state index in [1.54, 1.807) is 11.8 Å². The Hall–Kier alpha value is -1.09. The lowest BCUT2D eigenvalue weighted by molar-refractivity contribution is -0.0524. The molecule has 0 fully saturated rings. The zero-order valence-corrected chi connectivity index (χ0v) is 35.7. The third-order valence-corrected chi connectivity index (χ3v) is 12.7. The molecule has 0 unspecified atom stereocenters. The number of hydrogen-bond donors (Lipinski definition) is 2. The van der Waals surface area contributed by atoms with Gasteiger partial charge in [-0.1, -0.05) is 162 Å². The Morgan fingerprint density at radius 2 is 0.660 bits per heavy atom. The third kappa shape index (κ3) is 9.58. The van der Waals surface area contributed by atoms with Gasteiger partial charge in [0.25, 0.3) is 0 Å². The van der Waals surface area contributed by atoms with Crippen molar-refractivity contribution < 1.29 is 10.2 Å². The van der Waals surface area contributed by atoms with Crippen LogP contribution in [0, 0.1) is 54.1 Å². The smallest absolute Gasteiger partial charge is 0.125 e. The van der Waals surface area contributed by atoms with Gasteiger partial charge in [-0.25, -0.2) is 0 Å². The lowest BCUT2D eigenvalue weighted by atomic mass is 9.46. The van der Waals surface area contributed by atoms with Gasteiger partial charge in [0.15, 0.2) is 0 Å². The molecule has 2 N–H and O–H groups in total. The number of allylic oxidation sites excluding steroid dienone is 6. The first-order chi connectivity index (χ1) is 20.5. The molecule has 0 heterocycles. The SMILES string of the molecule is CC(C)(C)CC(C)(C)C1(C(C)(C)CC(C)(C)C)C=CC(O)=C(SC2=C(O)C=CC(C(C)(C)CC(C)(C)C)(C(C)(C)CC(C)(C)C)C2)C1. The van der Waals surface area contributed by atoms with Gasteiger partial charge < -0.3 is 10.2 Å². The summed E-state index contributed by atoms with van der Waals surface area (Å²) in [6.07, 6.45) is 14.5. The average Bonchev–Trinajstić information content (AvgIpc) is 2.75. The van der Waals surface area contributed by atoms with Crippen LogP contribution in [0.1, 0.15) is 177 Å². The van der Waals surface area contributed by atoms with E-state index in [4.69, 9.17) is 0 Å². The van der Waals surface area contributed by atoms with Gasteiger partial charge >= 0.3 is 0 Å². The molecule has 0 atom stereocenters. The van der Waals surface area contributed by atoms with Crippen LogP contribution in [0.4, 0.5) is 0 Å². The summed E-state index contributed by atoms with van der Waals surface area (Å²) >= 11 is 1.66. The van der Waals surface area contributed by atoms with Crippen LogP contribution in [0.15, 0.2) is 45.6 Å². The maximum atomic E-state index is 11.6. The standard InChI is InChI=1S/C44H78O2S/c1-35(2,3)27-39(13,14)43(40(15,16)28-36(4,5)6)23-21-31(45)33(25-43)47-34-26-44(24-22-32(34)46,41(17,18)29-37(7,8)9)42(19,20)30-38(10,11)12/h21-24,45-46H,25-30H2,1-20H3. The molecular formula is C44H78O2S. The zero-order valence-electron chi connectivity index (χ0n) is 34.9. The second-order valence-corrected chi connectivity index (χ2v) is 24.4. The molecule has 0 amide bonds. The van der Waals surface area contributed by atoms with Crippen LogP contribution in [-0.4, -0.2) is 10.2 Å². The van der Waals surface area contributed by atoms with E-state index in [0.717, 1.165) is 48.3 Å². The minimum atomic E-state index is -0.191. The van der Waals surface area contributed by atoms with E-state index in [-0.39, 0.29) is 54.1 Å². The fourth-order valence-electron chi connectivity index (χ4n) is 11.4. The van der Waals surface area contributed by atoms with E-state index in [9.17, 15) is 10.2 Å². The molecule has 0 spiro atoms. The van der Waals surface area contributed by atoms with Gasteiger partial charge in [0.1, 0.15) is 11.5 Å². The molecule has 3 heteroatoms. The lowest BCUT2D eigenvalue weighted by Crippen LogP contribution is -2.51. The fourth-order valence-corrected chi connectivity index (χ4v) is 12.6. The Balaban J connectivity index is 2.75. The molecule has 2 aliphatic carbocycles. The maximum Gasteiger partial charge on any atom is 0.125 e. The predicted octanol–water partition coefficient (Wildman–Crippen LogP) is 15.0. The van der Waals surface area contributed by atoms with Crippen molar-refractivity contribution >= 4 is 11.8 Å². The number of hydrogen-bond acceptors (Lipinski definition) is 3. The molecule has 0 aliphatic heterocycles. The average molecular weight is 671 g/mol. The second kappa shape index (κ2) is 12.9. The van der Waals surface area contributed by atoms with E-state index < -0.39 is 0 Å². The van der Waals surface area contributed by atoms with Crippen LogP contribution < -0.4 is 0 Å². The molecule has 0 bridgehead atoms. The van der Waals surface area contributed by atoms with Crippen molar-refractivity contribution in [2.24, 2.45) is 54.1 Å². The lowest BCUT2D eigenvalue weighted by Gasteiger charge is -2.59. The molecule has 0 aromatic rings. The Kier molecular flexibility index (Phi) is 11.6. The van der Waals surface area contributed by atoms with Gasteiger partial charge in [0.2, 0.25) is 0 Å². The van der Waals surface area contributed by atoms with Gasteiger partial charge in [0.05, 0.1) is 0 Å². The quantitative estimate of drug-likeness (QED) is 0.243. The van der Waals surface area contributed by atoms with Gasteiger partial charge in [0, 0.05) is 20.6 Å². The monoisotopic (exact) mass is 671 g/mol. The highest BCUT2D eigenvalue weighted by molar-refractivity contribution is 8.06. The summed E-state index contributed by atoms with van der Waals surface area (Å²) in [5.74, 6) is 0.708. The Morgan fingerprint density at radius 1 is 0.447 bits per heavy atom. The van der Waals surface area contributed by atoms with E-state index >= 15 is 0 Å². The van der Waals surface area contributed by atoms with Crippen LogP contribution in [0.2, 0.25) is 0 Å². The van der Waals surface area contributed by atoms with Gasteiger partial charge in [-0.05, 0) is 94.0 Å². The first-order valence-electron chi connectivity index (χ1n) is 18.4. The van der Waals surface area contributed by atoms with Crippen LogP contribution >= 0.6 is 11.8 Å². The number of aliphatic hydroxyl groups is 2. The molecule has 272 valence electrons. The van der Waals surface area contributed by atoms with Crippen LogP contribution in [0.5, 0.6) is 0 Å². The number of rotatable bonds is 10. The summed E-state index contributed by atoms with van der Waals surface area (Å²) < 4.78 is 0. The zero-order chi connectivity index (χ0) is 37.1. The largest absolute Gasteiger partial charge is 0.507 e. The molecular weight excluding hydrogens is 593 g/mol. The van der Waals surface area contributed by atoms with Crippen molar-refractivity contribution in [3.63, 3.8) is 0 Å². The Bertz CT molecular complexity index is 1100. The van der Waals surface area contributed by atoms with Gasteiger partial charge in [-0.15, -0.1) is 0 Å². The van der Waals surface area contributed by atoms with E-state index in [2.05, 4.69) is 151 Å². The first kappa shape index (κ1) is 42.1. The molecule has 0 aromatic heterocycles. The van der Waals surface area contributed by atoms with Crippen LogP contribution in [0.25, 0.3) is 0 Å². The topological polar surface area (TPSA) is 40.5 Å². The normalized spacial score (nSPS) is 20.3. The molecule has 0 saturated carbocycles. The Labute approximate surface area is 297 Å². The summed E-state index contributed by atoms with van der Waals surface area (Å²) in [4.78, 5) is 1.98. The summed E-state index contributed by atoms with van der Waals surface area (Å²) in [5.41, 5.74) is 0.0774. The summed E-state index contributed by atoms with van der Waals surface area (Å²) in [6.45, 7) is 47.8. The van der Waals surface area contributed by atoms with Gasteiger partial charge in [-0.2, -0.15) is 0 Å². The third-order valence-electron chi connectivity index (χ3n) is 11.5. The molecule has 0 aromatic carbocycles. The van der Waals surface area contributed by atoms with Crippen molar-refractivity contribution in [1.82, 2.24) is 0 Å². The molecule has 0 saturated heterocycles. The predicted molar refractivity (Wildman–Crippen MR) is 211 cm³/mol. The molecule has 2 nitrogen and oxygen atoms in total. The van der Waals surface area contributed by atoms with Crippen LogP contribution in [0.3, 0.4) is 0 Å². The molecule has 2 aliphatic rings. The fraction of sp³-hybridized carbons (Fsp3) is 0.818. The van der Waals surface area contributed by atoms with Crippen molar-refractivity contribution in [2.45, 2.75) is 177 Å². The molecule has 47 heavy (non-hydrogen) atoms. The highest BCUT2D eigenvalue weighted by Crippen LogP contribution is 2.68. The highest BCUT2D eigenvalue weighted by Gasteiger charge is 2.58. The number of aliphatic hydroxyl groups excluding tert-OH is 2. The van der Waals surface area contributed by atoms with Crippen molar-refractivity contribution in [3.05, 3.63) is 45.6 Å². The highest BCUT2D eigenvalue weighted by atomic mass is 32.2. The Morgan fingerprint density at radius 3 is 0.851 bits per heavy atom. The molecule has 0 radical (unpaired) electrons. The van der Waals surface area contributed by atoms with Crippen molar-refractivity contribution in [1.29, 1.82) is 0 Å². The second-order valence-electron chi connectivity index (χ2n) is 23.2. The summed E-state index contributed by atoms with van der Waals surface area (Å²) in [7, 11) is 0. The van der Waals surface area contributed by atoms with E-state index in [1.807, 2.05) is 12.2 Å². The summed E-state index contributed by atoms with van der Waals surface area (Å²) in [5, 5.41) is 23.2. The van der Waals surface area contributed by atoms with Crippen LogP contribution in [-0.2, 0) is 0 Å². The van der Waals surface area contributed by atoms with Crippen molar-refractivity contribution in [3.8, 4) is 0 Å². The minimum Gasteiger partial charge on any atom is -0.507 e. The van der Waals surface area contributed by atoms with Gasteiger partial charge in [-0.3, -0.25) is 0 Å².